The van der Waals surface area contributed by atoms with E-state index in [1.165, 1.54) is 12.1 Å². The van der Waals surface area contributed by atoms with Crippen LogP contribution in [0.3, 0.4) is 0 Å². The Hall–Kier alpha value is -1.70. The molecule has 0 fully saturated rings. The molecule has 0 amide bonds. The van der Waals surface area contributed by atoms with E-state index in [1.807, 2.05) is 18.2 Å². The molecule has 0 aromatic heterocycles. The van der Waals surface area contributed by atoms with Crippen molar-refractivity contribution in [3.05, 3.63) is 47.8 Å². The fourth-order valence-electron chi connectivity index (χ4n) is 1.84. The Bertz CT molecular complexity index is 531. The first-order valence-electron chi connectivity index (χ1n) is 5.33. The van der Waals surface area contributed by atoms with E-state index in [9.17, 15) is 9.18 Å². The summed E-state index contributed by atoms with van der Waals surface area (Å²) < 4.78 is 13.1. The molecule has 2 aromatic rings. The number of carbonyl (C=O) groups is 1. The minimum atomic E-state index is -0.234. The lowest BCUT2D eigenvalue weighted by Crippen LogP contribution is -1.95. The number of hydrogen-bond acceptors (Lipinski definition) is 1. The molecule has 0 heterocycles. The smallest absolute Gasteiger partial charge is 0.130 e. The number of aryl methyl sites for hydroxylation is 1. The molecule has 2 aromatic carbocycles. The van der Waals surface area contributed by atoms with Crippen LogP contribution >= 0.6 is 0 Å². The van der Waals surface area contributed by atoms with E-state index >= 15 is 0 Å². The van der Waals surface area contributed by atoms with Gasteiger partial charge >= 0.3 is 0 Å². The van der Waals surface area contributed by atoms with E-state index in [0.29, 0.717) is 12.8 Å². The molecule has 0 radical (unpaired) electrons. The van der Waals surface area contributed by atoms with Gasteiger partial charge in [0.15, 0.2) is 0 Å². The van der Waals surface area contributed by atoms with Crippen LogP contribution in [0.1, 0.15) is 18.9 Å². The highest BCUT2D eigenvalue weighted by Crippen LogP contribution is 2.21. The second-order valence-corrected chi connectivity index (χ2v) is 3.98. The molecule has 0 atom stereocenters. The Morgan fingerprint density at radius 3 is 2.81 bits per heavy atom. The van der Waals surface area contributed by atoms with Gasteiger partial charge in [0, 0.05) is 6.42 Å². The number of hydrogen-bond donors (Lipinski definition) is 0. The lowest BCUT2D eigenvalue weighted by Gasteiger charge is -2.05. The van der Waals surface area contributed by atoms with Crippen molar-refractivity contribution in [3.8, 4) is 0 Å². The number of fused-ring (bicyclic) bond motifs is 1. The van der Waals surface area contributed by atoms with Gasteiger partial charge in [-0.25, -0.2) is 4.39 Å². The predicted octanol–water partition coefficient (Wildman–Crippen LogP) is 3.50. The standard InChI is InChI=1S/C14H13FO/c1-10(16)5-6-11-3-2-4-12-7-8-13(15)9-14(11)12/h2-4,7-9H,5-6H2,1H3. The number of rotatable bonds is 3. The van der Waals surface area contributed by atoms with E-state index in [2.05, 4.69) is 0 Å². The van der Waals surface area contributed by atoms with E-state index in [0.717, 1.165) is 16.3 Å². The molecule has 0 spiro atoms. The van der Waals surface area contributed by atoms with E-state index in [4.69, 9.17) is 0 Å². The first-order valence-corrected chi connectivity index (χ1v) is 5.33. The maximum absolute atomic E-state index is 13.1. The molecule has 2 rings (SSSR count). The van der Waals surface area contributed by atoms with Crippen molar-refractivity contribution < 1.29 is 9.18 Å². The predicted molar refractivity (Wildman–Crippen MR) is 62.9 cm³/mol. The van der Waals surface area contributed by atoms with Gasteiger partial charge in [-0.1, -0.05) is 24.3 Å². The number of benzene rings is 2. The second kappa shape index (κ2) is 4.44. The zero-order valence-electron chi connectivity index (χ0n) is 9.16. The van der Waals surface area contributed by atoms with Gasteiger partial charge in [0.1, 0.15) is 11.6 Å². The maximum Gasteiger partial charge on any atom is 0.130 e. The topological polar surface area (TPSA) is 17.1 Å². The molecule has 16 heavy (non-hydrogen) atoms. The third-order valence-corrected chi connectivity index (χ3v) is 2.68. The average Bonchev–Trinajstić information content (AvgIpc) is 2.26. The molecule has 82 valence electrons. The van der Waals surface area contributed by atoms with Crippen molar-refractivity contribution in [1.29, 1.82) is 0 Å². The van der Waals surface area contributed by atoms with Crippen molar-refractivity contribution in [2.24, 2.45) is 0 Å². The summed E-state index contributed by atoms with van der Waals surface area (Å²) in [7, 11) is 0. The van der Waals surface area contributed by atoms with Crippen molar-refractivity contribution in [2.75, 3.05) is 0 Å². The number of Topliss-reactive ketones (excluding diaryl/α,β-unsaturated/α-hetero) is 1. The molecule has 1 nitrogen and oxygen atoms in total. The van der Waals surface area contributed by atoms with Gasteiger partial charge in [0.25, 0.3) is 0 Å². The third-order valence-electron chi connectivity index (χ3n) is 2.68. The van der Waals surface area contributed by atoms with Crippen molar-refractivity contribution >= 4 is 16.6 Å². The van der Waals surface area contributed by atoms with Gasteiger partial charge in [0.2, 0.25) is 0 Å². The molecule has 0 N–H and O–H groups in total. The fraction of sp³-hybridized carbons (Fsp3) is 0.214. The van der Waals surface area contributed by atoms with Crippen LogP contribution in [0.5, 0.6) is 0 Å². The Balaban J connectivity index is 2.43. The van der Waals surface area contributed by atoms with Crippen LogP contribution < -0.4 is 0 Å². The SMILES string of the molecule is CC(=O)CCc1cccc2ccc(F)cc12. The highest BCUT2D eigenvalue weighted by atomic mass is 19.1. The summed E-state index contributed by atoms with van der Waals surface area (Å²) in [5.41, 5.74) is 1.03. The zero-order valence-corrected chi connectivity index (χ0v) is 9.16. The molecule has 0 aliphatic carbocycles. The molecule has 0 saturated heterocycles. The first-order chi connectivity index (χ1) is 7.66. The number of ketones is 1. The van der Waals surface area contributed by atoms with Crippen LogP contribution in [0, 0.1) is 5.82 Å². The van der Waals surface area contributed by atoms with Gasteiger partial charge in [-0.2, -0.15) is 0 Å². The Kier molecular flexibility index (Phi) is 3.00. The van der Waals surface area contributed by atoms with E-state index in [-0.39, 0.29) is 11.6 Å². The highest BCUT2D eigenvalue weighted by molar-refractivity contribution is 5.86. The van der Waals surface area contributed by atoms with Gasteiger partial charge in [-0.3, -0.25) is 0 Å². The van der Waals surface area contributed by atoms with E-state index in [1.54, 1.807) is 13.0 Å². The van der Waals surface area contributed by atoms with Crippen LogP contribution in [0.15, 0.2) is 36.4 Å². The molecule has 2 heteroatoms. The zero-order chi connectivity index (χ0) is 11.5. The molecular weight excluding hydrogens is 203 g/mol. The summed E-state index contributed by atoms with van der Waals surface area (Å²) in [6.07, 6.45) is 1.19. The van der Waals surface area contributed by atoms with Gasteiger partial charge in [0.05, 0.1) is 0 Å². The lowest BCUT2D eigenvalue weighted by atomic mass is 10.00. The minimum Gasteiger partial charge on any atom is -0.300 e. The monoisotopic (exact) mass is 216 g/mol. The average molecular weight is 216 g/mol. The van der Waals surface area contributed by atoms with Crippen LogP contribution in [0.2, 0.25) is 0 Å². The number of carbonyl (C=O) groups excluding carboxylic acids is 1. The maximum atomic E-state index is 13.1. The van der Waals surface area contributed by atoms with Crippen LogP contribution in [0.4, 0.5) is 4.39 Å². The van der Waals surface area contributed by atoms with Crippen molar-refractivity contribution in [1.82, 2.24) is 0 Å². The molecule has 0 aliphatic heterocycles. The molecule has 0 saturated carbocycles. The minimum absolute atomic E-state index is 0.161. The Morgan fingerprint density at radius 1 is 1.25 bits per heavy atom. The summed E-state index contributed by atoms with van der Waals surface area (Å²) in [6, 6.07) is 10.6. The third kappa shape index (κ3) is 2.27. The second-order valence-electron chi connectivity index (χ2n) is 3.98. The fourth-order valence-corrected chi connectivity index (χ4v) is 1.84. The van der Waals surface area contributed by atoms with Gasteiger partial charge in [-0.15, -0.1) is 0 Å². The number of halogens is 1. The summed E-state index contributed by atoms with van der Waals surface area (Å²) in [4.78, 5) is 10.9. The van der Waals surface area contributed by atoms with Crippen LogP contribution in [-0.4, -0.2) is 5.78 Å². The summed E-state index contributed by atoms with van der Waals surface area (Å²) in [5, 5.41) is 1.92. The normalized spacial score (nSPS) is 10.6. The van der Waals surface area contributed by atoms with E-state index < -0.39 is 0 Å². The summed E-state index contributed by atoms with van der Waals surface area (Å²) in [6.45, 7) is 1.58. The van der Waals surface area contributed by atoms with Gasteiger partial charge < -0.3 is 4.79 Å². The molecule has 0 unspecified atom stereocenters. The molecular formula is C14H13FO. The van der Waals surface area contributed by atoms with Crippen molar-refractivity contribution in [3.63, 3.8) is 0 Å². The summed E-state index contributed by atoms with van der Waals surface area (Å²) in [5.74, 6) is -0.0730. The largest absolute Gasteiger partial charge is 0.300 e. The molecule has 0 bridgehead atoms. The molecule has 0 aliphatic rings. The van der Waals surface area contributed by atoms with Crippen LogP contribution in [0.25, 0.3) is 10.8 Å². The first kappa shape index (κ1) is 10.8. The quantitative estimate of drug-likeness (QED) is 0.767. The Morgan fingerprint density at radius 2 is 2.06 bits per heavy atom. The Labute approximate surface area is 93.9 Å². The highest BCUT2D eigenvalue weighted by Gasteiger charge is 2.03. The lowest BCUT2D eigenvalue weighted by molar-refractivity contribution is -0.116. The van der Waals surface area contributed by atoms with Crippen molar-refractivity contribution in [2.45, 2.75) is 19.8 Å². The van der Waals surface area contributed by atoms with Crippen LogP contribution in [-0.2, 0) is 11.2 Å². The van der Waals surface area contributed by atoms with Gasteiger partial charge in [-0.05, 0) is 41.8 Å². The summed E-state index contributed by atoms with van der Waals surface area (Å²) >= 11 is 0.